The van der Waals surface area contributed by atoms with Crippen molar-refractivity contribution in [3.63, 3.8) is 0 Å². The van der Waals surface area contributed by atoms with Gasteiger partial charge in [-0.25, -0.2) is 4.98 Å². The molecular weight excluding hydrogens is 278 g/mol. The van der Waals surface area contributed by atoms with E-state index in [0.717, 1.165) is 22.7 Å². The van der Waals surface area contributed by atoms with Gasteiger partial charge < -0.3 is 9.73 Å². The quantitative estimate of drug-likeness (QED) is 0.516. The molecule has 0 aliphatic carbocycles. The molecule has 1 aromatic carbocycles. The molecule has 0 atom stereocenters. The maximum atomic E-state index is 10.8. The number of nitro benzene ring substituents is 1. The predicted molar refractivity (Wildman–Crippen MR) is 78.2 cm³/mol. The lowest BCUT2D eigenvalue weighted by atomic mass is 10.2. The molecule has 20 heavy (non-hydrogen) atoms. The Morgan fingerprint density at radius 1 is 1.45 bits per heavy atom. The lowest BCUT2D eigenvalue weighted by Gasteiger charge is -2.07. The van der Waals surface area contributed by atoms with Crippen molar-refractivity contribution in [1.29, 1.82) is 0 Å². The second-order valence-corrected chi connectivity index (χ2v) is 5.19. The monoisotopic (exact) mass is 293 g/mol. The summed E-state index contributed by atoms with van der Waals surface area (Å²) in [6.07, 6.45) is 0. The van der Waals surface area contributed by atoms with Crippen LogP contribution in [0.1, 0.15) is 17.0 Å². The third-order valence-electron chi connectivity index (χ3n) is 2.93. The SMILES string of the molecule is CNc1ccc([N+](=O)[O-])cc1CSc1nc(C)c(C)o1. The van der Waals surface area contributed by atoms with E-state index in [1.807, 2.05) is 13.8 Å². The summed E-state index contributed by atoms with van der Waals surface area (Å²) in [5, 5.41) is 14.4. The van der Waals surface area contributed by atoms with Crippen LogP contribution in [-0.4, -0.2) is 17.0 Å². The van der Waals surface area contributed by atoms with E-state index >= 15 is 0 Å². The van der Waals surface area contributed by atoms with Gasteiger partial charge in [0.2, 0.25) is 0 Å². The highest BCUT2D eigenvalue weighted by atomic mass is 32.2. The predicted octanol–water partition coefficient (Wildman–Crippen LogP) is 3.53. The molecule has 0 amide bonds. The summed E-state index contributed by atoms with van der Waals surface area (Å²) >= 11 is 1.42. The normalized spacial score (nSPS) is 10.6. The van der Waals surface area contributed by atoms with Gasteiger partial charge in [0.05, 0.1) is 10.6 Å². The van der Waals surface area contributed by atoms with Gasteiger partial charge in [-0.15, -0.1) is 0 Å². The minimum Gasteiger partial charge on any atom is -0.437 e. The van der Waals surface area contributed by atoms with E-state index < -0.39 is 4.92 Å². The summed E-state index contributed by atoms with van der Waals surface area (Å²) < 4.78 is 5.48. The first-order valence-corrected chi connectivity index (χ1v) is 7.01. The Kier molecular flexibility index (Phi) is 4.29. The maximum Gasteiger partial charge on any atom is 0.269 e. The molecule has 0 spiro atoms. The van der Waals surface area contributed by atoms with Crippen molar-refractivity contribution in [2.75, 3.05) is 12.4 Å². The van der Waals surface area contributed by atoms with Gasteiger partial charge in [0.25, 0.3) is 10.9 Å². The molecule has 0 bridgehead atoms. The smallest absolute Gasteiger partial charge is 0.269 e. The summed E-state index contributed by atoms with van der Waals surface area (Å²) in [6, 6.07) is 4.76. The number of oxazole rings is 1. The van der Waals surface area contributed by atoms with Gasteiger partial charge in [-0.3, -0.25) is 10.1 Å². The molecule has 1 aromatic heterocycles. The summed E-state index contributed by atoms with van der Waals surface area (Å²) in [5.41, 5.74) is 2.66. The third-order valence-corrected chi connectivity index (χ3v) is 3.81. The number of hydrogen-bond donors (Lipinski definition) is 1. The van der Waals surface area contributed by atoms with Crippen molar-refractivity contribution in [3.05, 3.63) is 45.3 Å². The number of anilines is 1. The van der Waals surface area contributed by atoms with Crippen molar-refractivity contribution in [2.24, 2.45) is 0 Å². The van der Waals surface area contributed by atoms with Crippen LogP contribution in [0.25, 0.3) is 0 Å². The Morgan fingerprint density at radius 3 is 2.75 bits per heavy atom. The minimum absolute atomic E-state index is 0.0827. The zero-order valence-corrected chi connectivity index (χ0v) is 12.3. The van der Waals surface area contributed by atoms with E-state index in [9.17, 15) is 10.1 Å². The lowest BCUT2D eigenvalue weighted by Crippen LogP contribution is -1.96. The summed E-state index contributed by atoms with van der Waals surface area (Å²) in [5.74, 6) is 1.34. The number of aryl methyl sites for hydroxylation is 2. The van der Waals surface area contributed by atoms with Crippen molar-refractivity contribution in [1.82, 2.24) is 4.98 Å². The maximum absolute atomic E-state index is 10.8. The van der Waals surface area contributed by atoms with E-state index in [4.69, 9.17) is 4.42 Å². The molecule has 0 radical (unpaired) electrons. The molecule has 1 heterocycles. The van der Waals surface area contributed by atoms with Gasteiger partial charge >= 0.3 is 0 Å². The van der Waals surface area contributed by atoms with Crippen molar-refractivity contribution in [3.8, 4) is 0 Å². The van der Waals surface area contributed by atoms with Crippen LogP contribution in [0.2, 0.25) is 0 Å². The fourth-order valence-corrected chi connectivity index (χ4v) is 2.60. The van der Waals surface area contributed by atoms with Crippen LogP contribution in [0.15, 0.2) is 27.8 Å². The molecule has 0 aliphatic heterocycles. The van der Waals surface area contributed by atoms with Crippen LogP contribution in [-0.2, 0) is 5.75 Å². The summed E-state index contributed by atoms with van der Waals surface area (Å²) in [7, 11) is 1.79. The van der Waals surface area contributed by atoms with Gasteiger partial charge in [0, 0.05) is 30.6 Å². The topological polar surface area (TPSA) is 81.2 Å². The van der Waals surface area contributed by atoms with Crippen LogP contribution in [0.3, 0.4) is 0 Å². The van der Waals surface area contributed by atoms with Gasteiger partial charge in [0.15, 0.2) is 0 Å². The van der Waals surface area contributed by atoms with Crippen LogP contribution in [0, 0.1) is 24.0 Å². The third kappa shape index (κ3) is 3.11. The second kappa shape index (κ2) is 5.96. The molecule has 2 rings (SSSR count). The van der Waals surface area contributed by atoms with Gasteiger partial charge in [0.1, 0.15) is 5.76 Å². The van der Waals surface area contributed by atoms with Gasteiger partial charge in [-0.1, -0.05) is 11.8 Å². The van der Waals surface area contributed by atoms with Gasteiger partial charge in [-0.05, 0) is 25.5 Å². The number of rotatable bonds is 5. The van der Waals surface area contributed by atoms with Crippen LogP contribution >= 0.6 is 11.8 Å². The van der Waals surface area contributed by atoms with E-state index in [1.165, 1.54) is 17.8 Å². The fourth-order valence-electron chi connectivity index (χ4n) is 1.70. The number of nitrogens with zero attached hydrogens (tertiary/aromatic N) is 2. The second-order valence-electron chi connectivity index (χ2n) is 4.26. The summed E-state index contributed by atoms with van der Waals surface area (Å²) in [4.78, 5) is 14.7. The van der Waals surface area contributed by atoms with Gasteiger partial charge in [-0.2, -0.15) is 0 Å². The van der Waals surface area contributed by atoms with Crippen LogP contribution in [0.5, 0.6) is 0 Å². The van der Waals surface area contributed by atoms with Crippen molar-refractivity contribution < 1.29 is 9.34 Å². The first kappa shape index (κ1) is 14.4. The standard InChI is InChI=1S/C13H15N3O3S/c1-8-9(2)19-13(15-8)20-7-10-6-11(16(17)18)4-5-12(10)14-3/h4-6,14H,7H2,1-3H3. The first-order chi connectivity index (χ1) is 9.51. The van der Waals surface area contributed by atoms with E-state index in [-0.39, 0.29) is 5.69 Å². The lowest BCUT2D eigenvalue weighted by molar-refractivity contribution is -0.384. The number of nitrogens with one attached hydrogen (secondary N) is 1. The Bertz CT molecular complexity index is 620. The number of thioether (sulfide) groups is 1. The Labute approximate surface area is 120 Å². The Hall–Kier alpha value is -2.02. The molecule has 0 saturated heterocycles. The van der Waals surface area contributed by atoms with Crippen LogP contribution < -0.4 is 5.32 Å². The largest absolute Gasteiger partial charge is 0.437 e. The minimum atomic E-state index is -0.396. The number of nitro groups is 1. The van der Waals surface area contributed by atoms with Crippen molar-refractivity contribution in [2.45, 2.75) is 24.8 Å². The molecule has 2 aromatic rings. The van der Waals surface area contributed by atoms with Crippen molar-refractivity contribution >= 4 is 23.1 Å². The molecular formula is C13H15N3O3S. The number of non-ortho nitro benzene ring substituents is 1. The highest BCUT2D eigenvalue weighted by Gasteiger charge is 2.12. The molecule has 1 N–H and O–H groups in total. The summed E-state index contributed by atoms with van der Waals surface area (Å²) in [6.45, 7) is 3.74. The zero-order valence-electron chi connectivity index (χ0n) is 11.5. The zero-order chi connectivity index (χ0) is 14.7. The molecule has 0 fully saturated rings. The molecule has 106 valence electrons. The average molecular weight is 293 g/mol. The fraction of sp³-hybridized carbons (Fsp3) is 0.308. The molecule has 7 heteroatoms. The average Bonchev–Trinajstić information content (AvgIpc) is 2.75. The highest BCUT2D eigenvalue weighted by molar-refractivity contribution is 7.98. The van der Waals surface area contributed by atoms with Crippen LogP contribution in [0.4, 0.5) is 11.4 Å². The number of benzene rings is 1. The molecule has 0 unspecified atom stereocenters. The first-order valence-electron chi connectivity index (χ1n) is 6.03. The molecule has 0 aliphatic rings. The molecule has 0 saturated carbocycles. The highest BCUT2D eigenvalue weighted by Crippen LogP contribution is 2.29. The Morgan fingerprint density at radius 2 is 2.20 bits per heavy atom. The number of hydrogen-bond acceptors (Lipinski definition) is 6. The van der Waals surface area contributed by atoms with E-state index in [2.05, 4.69) is 10.3 Å². The Balaban J connectivity index is 2.18. The molecule has 6 nitrogen and oxygen atoms in total. The van der Waals surface area contributed by atoms with E-state index in [1.54, 1.807) is 19.2 Å². The van der Waals surface area contributed by atoms with E-state index in [0.29, 0.717) is 11.0 Å². The number of aromatic nitrogens is 1.